The van der Waals surface area contributed by atoms with E-state index in [0.717, 1.165) is 5.56 Å². The van der Waals surface area contributed by atoms with Crippen molar-refractivity contribution in [2.75, 3.05) is 5.73 Å². The van der Waals surface area contributed by atoms with Gasteiger partial charge in [0.2, 0.25) is 5.88 Å². The van der Waals surface area contributed by atoms with Gasteiger partial charge < -0.3 is 15.6 Å². The van der Waals surface area contributed by atoms with Crippen molar-refractivity contribution in [2.24, 2.45) is 0 Å². The first-order valence-electron chi connectivity index (χ1n) is 5.41. The summed E-state index contributed by atoms with van der Waals surface area (Å²) in [7, 11) is 0. The molecule has 0 aliphatic heterocycles. The number of hydrogen-bond acceptors (Lipinski definition) is 4. The molecule has 0 bridgehead atoms. The highest BCUT2D eigenvalue weighted by molar-refractivity contribution is 6.32. The second-order valence-corrected chi connectivity index (χ2v) is 4.33. The van der Waals surface area contributed by atoms with Crippen LogP contribution in [0.4, 0.5) is 5.69 Å². The first-order chi connectivity index (χ1) is 8.99. The van der Waals surface area contributed by atoms with E-state index < -0.39 is 5.97 Å². The highest BCUT2D eigenvalue weighted by atomic mass is 35.5. The molecule has 6 heteroatoms. The van der Waals surface area contributed by atoms with Crippen molar-refractivity contribution in [3.63, 3.8) is 0 Å². The summed E-state index contributed by atoms with van der Waals surface area (Å²) in [6, 6.07) is 6.53. The number of pyridine rings is 1. The van der Waals surface area contributed by atoms with Crippen LogP contribution in [0.15, 0.2) is 30.5 Å². The number of carboxylic acids is 1. The Morgan fingerprint density at radius 2 is 2.16 bits per heavy atom. The van der Waals surface area contributed by atoms with Gasteiger partial charge in [-0.3, -0.25) is 0 Å². The van der Waals surface area contributed by atoms with E-state index in [-0.39, 0.29) is 17.1 Å². The number of aromatic carboxylic acids is 1. The molecule has 0 saturated heterocycles. The number of rotatable bonds is 3. The highest BCUT2D eigenvalue weighted by Gasteiger charge is 2.14. The molecule has 0 amide bonds. The average Bonchev–Trinajstić information content (AvgIpc) is 2.34. The number of aryl methyl sites for hydroxylation is 1. The van der Waals surface area contributed by atoms with Crippen LogP contribution >= 0.6 is 11.6 Å². The number of aromatic nitrogens is 1. The van der Waals surface area contributed by atoms with Gasteiger partial charge in [-0.05, 0) is 30.7 Å². The molecule has 0 aliphatic carbocycles. The largest absolute Gasteiger partial charge is 0.478 e. The zero-order chi connectivity index (χ0) is 14.0. The monoisotopic (exact) mass is 278 g/mol. The maximum absolute atomic E-state index is 10.9. The maximum atomic E-state index is 10.9. The van der Waals surface area contributed by atoms with Gasteiger partial charge in [0.15, 0.2) is 0 Å². The summed E-state index contributed by atoms with van der Waals surface area (Å²) in [5, 5.41) is 9.36. The summed E-state index contributed by atoms with van der Waals surface area (Å²) in [6.45, 7) is 1.90. The van der Waals surface area contributed by atoms with Crippen LogP contribution in [0.1, 0.15) is 15.9 Å². The molecule has 98 valence electrons. The van der Waals surface area contributed by atoms with Crippen LogP contribution in [0.5, 0.6) is 11.6 Å². The smallest absolute Gasteiger partial charge is 0.338 e. The number of halogens is 1. The third kappa shape index (κ3) is 2.77. The van der Waals surface area contributed by atoms with Crippen LogP contribution in [0, 0.1) is 6.92 Å². The Morgan fingerprint density at radius 3 is 2.79 bits per heavy atom. The highest BCUT2D eigenvalue weighted by Crippen LogP contribution is 2.32. The molecule has 2 rings (SSSR count). The number of nitrogens with zero attached hydrogens (tertiary/aromatic N) is 1. The molecule has 3 N–H and O–H groups in total. The predicted molar refractivity (Wildman–Crippen MR) is 71.9 cm³/mol. The van der Waals surface area contributed by atoms with Crippen LogP contribution in [-0.2, 0) is 0 Å². The normalized spacial score (nSPS) is 10.2. The van der Waals surface area contributed by atoms with E-state index in [9.17, 15) is 4.79 Å². The Morgan fingerprint density at radius 1 is 1.42 bits per heavy atom. The SMILES string of the molecule is Cc1ccc(Oc2nccc(C(=O)O)c2N)c(Cl)c1. The van der Waals surface area contributed by atoms with Crippen LogP contribution in [0.3, 0.4) is 0 Å². The molecule has 0 aliphatic rings. The van der Waals surface area contributed by atoms with E-state index in [4.69, 9.17) is 27.2 Å². The van der Waals surface area contributed by atoms with Gasteiger partial charge in [0.05, 0.1) is 10.6 Å². The Hall–Kier alpha value is -2.27. The minimum atomic E-state index is -1.14. The van der Waals surface area contributed by atoms with Gasteiger partial charge in [0.25, 0.3) is 0 Å². The maximum Gasteiger partial charge on any atom is 0.338 e. The van der Waals surface area contributed by atoms with Gasteiger partial charge in [-0.1, -0.05) is 17.7 Å². The summed E-state index contributed by atoms with van der Waals surface area (Å²) in [6.07, 6.45) is 1.32. The number of anilines is 1. The summed E-state index contributed by atoms with van der Waals surface area (Å²) in [5.41, 5.74) is 6.59. The average molecular weight is 279 g/mol. The quantitative estimate of drug-likeness (QED) is 0.901. The zero-order valence-electron chi connectivity index (χ0n) is 10.1. The minimum Gasteiger partial charge on any atom is -0.478 e. The number of carbonyl (C=O) groups is 1. The number of ether oxygens (including phenoxy) is 1. The van der Waals surface area contributed by atoms with Gasteiger partial charge in [-0.25, -0.2) is 9.78 Å². The second kappa shape index (κ2) is 5.16. The lowest BCUT2D eigenvalue weighted by Gasteiger charge is -2.10. The molecule has 2 aromatic rings. The summed E-state index contributed by atoms with van der Waals surface area (Å²) in [4.78, 5) is 14.9. The molecule has 0 radical (unpaired) electrons. The van der Waals surface area contributed by atoms with Crippen molar-refractivity contribution < 1.29 is 14.6 Å². The Labute approximate surface area is 114 Å². The molecular formula is C13H11ClN2O3. The van der Waals surface area contributed by atoms with Crippen molar-refractivity contribution in [2.45, 2.75) is 6.92 Å². The van der Waals surface area contributed by atoms with E-state index in [2.05, 4.69) is 4.98 Å². The number of hydrogen-bond donors (Lipinski definition) is 2. The molecule has 0 saturated carbocycles. The molecule has 19 heavy (non-hydrogen) atoms. The fraction of sp³-hybridized carbons (Fsp3) is 0.0769. The lowest BCUT2D eigenvalue weighted by atomic mass is 10.2. The van der Waals surface area contributed by atoms with Crippen molar-refractivity contribution in [1.82, 2.24) is 4.98 Å². The van der Waals surface area contributed by atoms with Crippen molar-refractivity contribution in [1.29, 1.82) is 0 Å². The first kappa shape index (κ1) is 13.2. The molecule has 1 heterocycles. The van der Waals surface area contributed by atoms with Gasteiger partial charge in [-0.15, -0.1) is 0 Å². The van der Waals surface area contributed by atoms with E-state index in [1.54, 1.807) is 12.1 Å². The molecule has 0 spiro atoms. The Bertz CT molecular complexity index is 644. The molecular weight excluding hydrogens is 268 g/mol. The topological polar surface area (TPSA) is 85.4 Å². The molecule has 1 aromatic carbocycles. The number of nitrogens with two attached hydrogens (primary N) is 1. The van der Waals surface area contributed by atoms with Crippen molar-refractivity contribution in [3.05, 3.63) is 46.6 Å². The Kier molecular flexibility index (Phi) is 3.57. The third-order valence-electron chi connectivity index (χ3n) is 2.48. The van der Waals surface area contributed by atoms with Crippen molar-refractivity contribution in [3.8, 4) is 11.6 Å². The van der Waals surface area contributed by atoms with Gasteiger partial charge in [-0.2, -0.15) is 0 Å². The molecule has 1 aromatic heterocycles. The van der Waals surface area contributed by atoms with Crippen molar-refractivity contribution >= 4 is 23.3 Å². The first-order valence-corrected chi connectivity index (χ1v) is 5.78. The molecule has 5 nitrogen and oxygen atoms in total. The van der Waals surface area contributed by atoms with E-state index in [1.165, 1.54) is 12.3 Å². The minimum absolute atomic E-state index is 0.0191. The van der Waals surface area contributed by atoms with Crippen LogP contribution in [0.25, 0.3) is 0 Å². The van der Waals surface area contributed by atoms with Gasteiger partial charge in [0, 0.05) is 6.20 Å². The van der Waals surface area contributed by atoms with E-state index >= 15 is 0 Å². The van der Waals surface area contributed by atoms with Gasteiger partial charge >= 0.3 is 5.97 Å². The van der Waals surface area contributed by atoms with Crippen LogP contribution in [-0.4, -0.2) is 16.1 Å². The molecule has 0 atom stereocenters. The fourth-order valence-corrected chi connectivity index (χ4v) is 1.79. The van der Waals surface area contributed by atoms with E-state index in [0.29, 0.717) is 10.8 Å². The number of nitrogen functional groups attached to an aromatic ring is 1. The summed E-state index contributed by atoms with van der Waals surface area (Å²) < 4.78 is 5.45. The Balaban J connectivity index is 2.38. The summed E-state index contributed by atoms with van der Waals surface area (Å²) >= 11 is 6.02. The van der Waals surface area contributed by atoms with E-state index in [1.807, 2.05) is 13.0 Å². The number of benzene rings is 1. The number of carboxylic acid groups (broad SMARTS) is 1. The fourth-order valence-electron chi connectivity index (χ4n) is 1.51. The second-order valence-electron chi connectivity index (χ2n) is 3.92. The van der Waals surface area contributed by atoms with Crippen LogP contribution in [0.2, 0.25) is 5.02 Å². The van der Waals surface area contributed by atoms with Crippen LogP contribution < -0.4 is 10.5 Å². The summed E-state index contributed by atoms with van der Waals surface area (Å²) in [5.74, 6) is -0.751. The zero-order valence-corrected chi connectivity index (χ0v) is 10.8. The molecule has 0 unspecified atom stereocenters. The predicted octanol–water partition coefficient (Wildman–Crippen LogP) is 3.12. The molecule has 0 fully saturated rings. The van der Waals surface area contributed by atoms with Gasteiger partial charge in [0.1, 0.15) is 11.4 Å². The lowest BCUT2D eigenvalue weighted by Crippen LogP contribution is -2.05. The standard InChI is InChI=1S/C13H11ClN2O3/c1-7-2-3-10(9(14)6-7)19-12-11(15)8(13(17)18)4-5-16-12/h2-6H,15H2,1H3,(H,17,18). The lowest BCUT2D eigenvalue weighted by molar-refractivity contribution is 0.0697. The third-order valence-corrected chi connectivity index (χ3v) is 2.77.